The van der Waals surface area contributed by atoms with E-state index in [4.69, 9.17) is 19.9 Å². The van der Waals surface area contributed by atoms with Crippen LogP contribution in [-0.2, 0) is 25.7 Å². The third kappa shape index (κ3) is 4.32. The molecule has 2 aliphatic rings. The highest BCUT2D eigenvalue weighted by atomic mass is 79.9. The van der Waals surface area contributed by atoms with Crippen LogP contribution in [0.3, 0.4) is 0 Å². The molecule has 0 saturated carbocycles. The fourth-order valence-electron chi connectivity index (χ4n) is 4.79. The van der Waals surface area contributed by atoms with E-state index >= 15 is 0 Å². The van der Waals surface area contributed by atoms with Crippen LogP contribution in [0.4, 0.5) is 0 Å². The summed E-state index contributed by atoms with van der Waals surface area (Å²) in [6, 6.07) is 19.9. The molecular weight excluding hydrogens is 510 g/mol. The maximum Gasteiger partial charge on any atom is 0.340 e. The predicted molar refractivity (Wildman–Crippen MR) is 135 cm³/mol. The number of methoxy groups -OCH3 is 1. The second-order valence-corrected chi connectivity index (χ2v) is 9.39. The van der Waals surface area contributed by atoms with Gasteiger partial charge >= 0.3 is 5.97 Å². The second kappa shape index (κ2) is 9.58. The molecular formula is C28H24BrNO5. The molecule has 2 N–H and O–H groups in total. The van der Waals surface area contributed by atoms with Crippen molar-refractivity contribution in [3.8, 4) is 5.75 Å². The number of halogens is 1. The lowest BCUT2D eigenvalue weighted by molar-refractivity contribution is -0.136. The summed E-state index contributed by atoms with van der Waals surface area (Å²) < 4.78 is 17.5. The van der Waals surface area contributed by atoms with Crippen LogP contribution in [0.2, 0.25) is 0 Å². The molecule has 6 nitrogen and oxygen atoms in total. The average molecular weight is 534 g/mol. The minimum absolute atomic E-state index is 0.0253. The largest absolute Gasteiger partial charge is 0.488 e. The number of fused-ring (bicyclic) bond motifs is 1. The monoisotopic (exact) mass is 533 g/mol. The van der Waals surface area contributed by atoms with Crippen LogP contribution in [0.5, 0.6) is 5.75 Å². The van der Waals surface area contributed by atoms with E-state index in [1.807, 2.05) is 42.5 Å². The van der Waals surface area contributed by atoms with E-state index < -0.39 is 11.9 Å². The fraction of sp³-hybridized carbons (Fsp3) is 0.214. The van der Waals surface area contributed by atoms with Gasteiger partial charge < -0.3 is 19.9 Å². The SMILES string of the molecule is COC(=O)C1=C(N)OC2=C(C(=O)CCC2)[C@H]1c1ccc(OCc2cccc3ccccc23)c(Br)c1. The van der Waals surface area contributed by atoms with Gasteiger partial charge in [-0.3, -0.25) is 4.79 Å². The van der Waals surface area contributed by atoms with Gasteiger partial charge in [0.25, 0.3) is 0 Å². The minimum Gasteiger partial charge on any atom is -0.488 e. The van der Waals surface area contributed by atoms with Crippen molar-refractivity contribution in [2.75, 3.05) is 7.11 Å². The maximum absolute atomic E-state index is 12.9. The number of nitrogens with two attached hydrogens (primary N) is 1. The number of benzene rings is 3. The number of rotatable bonds is 5. The second-order valence-electron chi connectivity index (χ2n) is 8.53. The average Bonchev–Trinajstić information content (AvgIpc) is 2.87. The molecule has 3 aromatic rings. The lowest BCUT2D eigenvalue weighted by Gasteiger charge is -2.32. The van der Waals surface area contributed by atoms with E-state index in [1.165, 1.54) is 7.11 Å². The number of carbonyl (C=O) groups excluding carboxylic acids is 2. The number of Topliss-reactive ketones (excluding diaryl/α,β-unsaturated/α-hetero) is 1. The first-order valence-electron chi connectivity index (χ1n) is 11.4. The molecule has 7 heteroatoms. The molecule has 0 amide bonds. The highest BCUT2D eigenvalue weighted by Gasteiger charge is 2.41. The Balaban J connectivity index is 1.48. The molecule has 0 spiro atoms. The van der Waals surface area contributed by atoms with Crippen molar-refractivity contribution in [1.29, 1.82) is 0 Å². The van der Waals surface area contributed by atoms with E-state index in [1.54, 1.807) is 0 Å². The van der Waals surface area contributed by atoms with E-state index in [-0.39, 0.29) is 17.2 Å². The Bertz CT molecular complexity index is 1400. The predicted octanol–water partition coefficient (Wildman–Crippen LogP) is 5.65. The highest BCUT2D eigenvalue weighted by Crippen LogP contribution is 2.45. The van der Waals surface area contributed by atoms with Gasteiger partial charge in [-0.15, -0.1) is 0 Å². The Morgan fingerprint density at radius 3 is 2.71 bits per heavy atom. The first-order chi connectivity index (χ1) is 17.0. The molecule has 0 saturated heterocycles. The molecule has 3 aromatic carbocycles. The molecule has 0 unspecified atom stereocenters. The zero-order valence-corrected chi connectivity index (χ0v) is 20.8. The van der Waals surface area contributed by atoms with E-state index in [9.17, 15) is 9.59 Å². The molecule has 0 bridgehead atoms. The molecule has 1 atom stereocenters. The van der Waals surface area contributed by atoms with Gasteiger partial charge in [0.15, 0.2) is 5.78 Å². The van der Waals surface area contributed by atoms with Gasteiger partial charge in [0.2, 0.25) is 5.88 Å². The van der Waals surface area contributed by atoms with E-state index in [0.29, 0.717) is 47.4 Å². The third-order valence-corrected chi connectivity index (χ3v) is 7.06. The van der Waals surface area contributed by atoms with Gasteiger partial charge in [-0.05, 0) is 56.4 Å². The summed E-state index contributed by atoms with van der Waals surface area (Å²) in [4.78, 5) is 25.6. The van der Waals surface area contributed by atoms with Crippen LogP contribution in [0.1, 0.15) is 36.3 Å². The van der Waals surface area contributed by atoms with Crippen molar-refractivity contribution in [3.05, 3.63) is 99.1 Å². The lowest BCUT2D eigenvalue weighted by atomic mass is 9.77. The van der Waals surface area contributed by atoms with E-state index in [0.717, 1.165) is 21.9 Å². The molecule has 0 aromatic heterocycles. The summed E-state index contributed by atoms with van der Waals surface area (Å²) in [5.41, 5.74) is 8.55. The van der Waals surface area contributed by atoms with Crippen molar-refractivity contribution < 1.29 is 23.8 Å². The maximum atomic E-state index is 12.9. The number of esters is 1. The summed E-state index contributed by atoms with van der Waals surface area (Å²) in [7, 11) is 1.28. The third-order valence-electron chi connectivity index (χ3n) is 6.44. The number of ether oxygens (including phenoxy) is 3. The lowest BCUT2D eigenvalue weighted by Crippen LogP contribution is -2.31. The normalized spacial score (nSPS) is 17.8. The minimum atomic E-state index is -0.664. The van der Waals surface area contributed by atoms with Crippen LogP contribution in [0.25, 0.3) is 10.8 Å². The molecule has 0 fully saturated rings. The van der Waals surface area contributed by atoms with Crippen molar-refractivity contribution in [1.82, 2.24) is 0 Å². The molecule has 1 aliphatic carbocycles. The summed E-state index contributed by atoms with van der Waals surface area (Å²) in [6.45, 7) is 0.393. The molecule has 0 radical (unpaired) electrons. The van der Waals surface area contributed by atoms with Crippen LogP contribution >= 0.6 is 15.9 Å². The summed E-state index contributed by atoms with van der Waals surface area (Å²) >= 11 is 3.61. The Morgan fingerprint density at radius 2 is 1.91 bits per heavy atom. The first kappa shape index (κ1) is 23.2. The molecule has 178 valence electrons. The standard InChI is InChI=1S/C28H24BrNO5/c1-33-28(32)26-24(25-21(31)10-5-11-23(25)35-27(26)30)17-12-13-22(20(29)14-17)34-15-18-8-4-7-16-6-2-3-9-19(16)18/h2-4,6-9,12-14,24H,5,10-11,15,30H2,1H3/t24-/m1/s1. The number of ketones is 1. The van der Waals surface area contributed by atoms with Crippen molar-refractivity contribution in [2.24, 2.45) is 5.73 Å². The topological polar surface area (TPSA) is 87.9 Å². The van der Waals surface area contributed by atoms with Crippen LogP contribution < -0.4 is 10.5 Å². The van der Waals surface area contributed by atoms with Gasteiger partial charge in [-0.1, -0.05) is 48.5 Å². The molecule has 35 heavy (non-hydrogen) atoms. The van der Waals surface area contributed by atoms with Crippen LogP contribution in [-0.4, -0.2) is 18.9 Å². The van der Waals surface area contributed by atoms with Gasteiger partial charge in [0, 0.05) is 18.4 Å². The summed E-state index contributed by atoms with van der Waals surface area (Å²) in [5.74, 6) is -0.175. The summed E-state index contributed by atoms with van der Waals surface area (Å²) in [6.07, 6.45) is 1.69. The highest BCUT2D eigenvalue weighted by molar-refractivity contribution is 9.10. The van der Waals surface area contributed by atoms with Crippen molar-refractivity contribution >= 4 is 38.5 Å². The van der Waals surface area contributed by atoms with Crippen LogP contribution in [0.15, 0.2) is 87.9 Å². The van der Waals surface area contributed by atoms with Gasteiger partial charge in [0.1, 0.15) is 23.7 Å². The van der Waals surface area contributed by atoms with Crippen molar-refractivity contribution in [2.45, 2.75) is 31.8 Å². The Hall–Kier alpha value is -3.58. The van der Waals surface area contributed by atoms with Gasteiger partial charge in [-0.2, -0.15) is 0 Å². The zero-order valence-electron chi connectivity index (χ0n) is 19.2. The number of hydrogen-bond donors (Lipinski definition) is 1. The zero-order chi connectivity index (χ0) is 24.5. The van der Waals surface area contributed by atoms with Gasteiger partial charge in [-0.25, -0.2) is 4.79 Å². The number of hydrogen-bond acceptors (Lipinski definition) is 6. The summed E-state index contributed by atoms with van der Waals surface area (Å²) in [5, 5.41) is 2.30. The molecule has 5 rings (SSSR count). The van der Waals surface area contributed by atoms with E-state index in [2.05, 4.69) is 34.1 Å². The Kier molecular flexibility index (Phi) is 6.34. The molecule has 1 heterocycles. The first-order valence-corrected chi connectivity index (χ1v) is 12.2. The van der Waals surface area contributed by atoms with Gasteiger partial charge in [0.05, 0.1) is 17.5 Å². The molecule has 1 aliphatic heterocycles. The number of allylic oxidation sites excluding steroid dienone is 2. The Labute approximate surface area is 211 Å². The number of carbonyl (C=O) groups is 2. The fourth-order valence-corrected chi connectivity index (χ4v) is 5.30. The van der Waals surface area contributed by atoms with Crippen molar-refractivity contribution in [3.63, 3.8) is 0 Å². The Morgan fingerprint density at radius 1 is 1.11 bits per heavy atom. The smallest absolute Gasteiger partial charge is 0.340 e. The van der Waals surface area contributed by atoms with Crippen LogP contribution in [0, 0.1) is 0 Å². The quantitative estimate of drug-likeness (QED) is 0.426.